The first-order chi connectivity index (χ1) is 13.3. The van der Waals surface area contributed by atoms with Gasteiger partial charge in [-0.1, -0.05) is 5.16 Å². The van der Waals surface area contributed by atoms with Gasteiger partial charge in [-0.3, -0.25) is 4.79 Å². The van der Waals surface area contributed by atoms with Crippen molar-refractivity contribution in [2.24, 2.45) is 0 Å². The van der Waals surface area contributed by atoms with E-state index in [1.54, 1.807) is 41.3 Å². The summed E-state index contributed by atoms with van der Waals surface area (Å²) in [6, 6.07) is 10.4. The summed E-state index contributed by atoms with van der Waals surface area (Å²) in [5.41, 5.74) is 0.185. The first-order valence-electron chi connectivity index (χ1n) is 8.16. The van der Waals surface area contributed by atoms with Gasteiger partial charge in [0.1, 0.15) is 5.82 Å². The first-order valence-corrected chi connectivity index (χ1v) is 8.16. The van der Waals surface area contributed by atoms with E-state index in [1.807, 2.05) is 6.07 Å². The van der Waals surface area contributed by atoms with Crippen molar-refractivity contribution in [1.29, 1.82) is 0 Å². The molecule has 0 atom stereocenters. The van der Waals surface area contributed by atoms with Crippen LogP contribution in [0.1, 0.15) is 10.5 Å². The van der Waals surface area contributed by atoms with Gasteiger partial charge in [0.2, 0.25) is 5.76 Å². The molecule has 4 rings (SSSR count). The van der Waals surface area contributed by atoms with Gasteiger partial charge in [-0.05, 0) is 30.3 Å². The lowest BCUT2D eigenvalue weighted by Crippen LogP contribution is -2.29. The molecule has 136 valence electrons. The Labute approximate surface area is 153 Å². The summed E-state index contributed by atoms with van der Waals surface area (Å²) >= 11 is 0. The lowest BCUT2D eigenvalue weighted by molar-refractivity contribution is 0.0946. The molecule has 0 unspecified atom stereocenters. The lowest BCUT2D eigenvalue weighted by Gasteiger charge is -2.06. The maximum atomic E-state index is 12.1. The third-order valence-electron chi connectivity index (χ3n) is 3.61. The van der Waals surface area contributed by atoms with Crippen LogP contribution in [0.4, 0.5) is 5.82 Å². The van der Waals surface area contributed by atoms with E-state index in [0.717, 1.165) is 0 Å². The molecule has 1 amide bonds. The zero-order valence-corrected chi connectivity index (χ0v) is 14.1. The molecule has 0 bridgehead atoms. The summed E-state index contributed by atoms with van der Waals surface area (Å²) in [4.78, 5) is 12.1. The van der Waals surface area contributed by atoms with Crippen LogP contribution in [0.2, 0.25) is 0 Å². The Hall–Kier alpha value is -3.95. The number of carbonyl (C=O) groups excluding carboxylic acids is 1. The van der Waals surface area contributed by atoms with E-state index in [9.17, 15) is 4.79 Å². The van der Waals surface area contributed by atoms with Crippen molar-refractivity contribution in [3.63, 3.8) is 0 Å². The zero-order chi connectivity index (χ0) is 18.5. The number of aromatic nitrogens is 5. The van der Waals surface area contributed by atoms with Gasteiger partial charge in [-0.15, -0.1) is 10.2 Å². The number of nitrogens with zero attached hydrogens (tertiary/aromatic N) is 5. The van der Waals surface area contributed by atoms with E-state index >= 15 is 0 Å². The molecule has 0 saturated heterocycles. The van der Waals surface area contributed by atoms with Crippen molar-refractivity contribution < 1.29 is 13.7 Å². The highest BCUT2D eigenvalue weighted by Gasteiger charge is 2.14. The monoisotopic (exact) mass is 365 g/mol. The van der Waals surface area contributed by atoms with E-state index in [1.165, 1.54) is 12.3 Å². The molecule has 0 aliphatic carbocycles. The maximum Gasteiger partial charge on any atom is 0.273 e. The molecule has 4 aromatic rings. The van der Waals surface area contributed by atoms with Gasteiger partial charge in [-0.25, -0.2) is 4.68 Å². The fourth-order valence-corrected chi connectivity index (χ4v) is 2.32. The van der Waals surface area contributed by atoms with Crippen LogP contribution in [-0.2, 0) is 0 Å². The first kappa shape index (κ1) is 16.5. The van der Waals surface area contributed by atoms with E-state index in [-0.39, 0.29) is 11.6 Å². The molecule has 4 aromatic heterocycles. The summed E-state index contributed by atoms with van der Waals surface area (Å²) in [5.74, 6) is 1.80. The fraction of sp³-hybridized carbons (Fsp3) is 0.118. The van der Waals surface area contributed by atoms with Crippen LogP contribution in [0.3, 0.4) is 0 Å². The Balaban J connectivity index is 1.24. The van der Waals surface area contributed by atoms with E-state index in [0.29, 0.717) is 36.2 Å². The van der Waals surface area contributed by atoms with Crippen molar-refractivity contribution in [2.45, 2.75) is 0 Å². The molecule has 0 radical (unpaired) electrons. The highest BCUT2D eigenvalue weighted by atomic mass is 16.5. The van der Waals surface area contributed by atoms with Gasteiger partial charge in [0, 0.05) is 31.5 Å². The average molecular weight is 365 g/mol. The van der Waals surface area contributed by atoms with Crippen LogP contribution in [0.25, 0.3) is 17.3 Å². The predicted octanol–water partition coefficient (Wildman–Crippen LogP) is 1.75. The summed E-state index contributed by atoms with van der Waals surface area (Å²) in [7, 11) is 0. The Morgan fingerprint density at radius 3 is 2.81 bits per heavy atom. The van der Waals surface area contributed by atoms with Crippen molar-refractivity contribution in [2.75, 3.05) is 18.4 Å². The Morgan fingerprint density at radius 1 is 1.11 bits per heavy atom. The third kappa shape index (κ3) is 3.84. The van der Waals surface area contributed by atoms with Gasteiger partial charge < -0.3 is 19.6 Å². The summed E-state index contributed by atoms with van der Waals surface area (Å²) in [5, 5.41) is 21.8. The van der Waals surface area contributed by atoms with Crippen molar-refractivity contribution in [1.82, 2.24) is 30.5 Å². The standard InChI is InChI=1S/C17H15N7O3/c25-17(12-11-14(27-23-12)13-3-1-10-26-13)19-8-7-18-15-4-5-16(22-21-15)24-9-2-6-20-24/h1-6,9-11H,7-8H2,(H,18,21)(H,19,25). The minimum Gasteiger partial charge on any atom is -0.461 e. The van der Waals surface area contributed by atoms with Crippen LogP contribution in [0.5, 0.6) is 0 Å². The highest BCUT2D eigenvalue weighted by Crippen LogP contribution is 2.20. The highest BCUT2D eigenvalue weighted by molar-refractivity contribution is 5.92. The topological polar surface area (TPSA) is 124 Å². The molecular weight excluding hydrogens is 350 g/mol. The predicted molar refractivity (Wildman–Crippen MR) is 94.2 cm³/mol. The van der Waals surface area contributed by atoms with E-state index in [2.05, 4.69) is 31.1 Å². The third-order valence-corrected chi connectivity index (χ3v) is 3.61. The summed E-state index contributed by atoms with van der Waals surface area (Å²) < 4.78 is 11.9. The molecule has 0 spiro atoms. The van der Waals surface area contributed by atoms with Gasteiger partial charge in [-0.2, -0.15) is 5.10 Å². The smallest absolute Gasteiger partial charge is 0.273 e. The molecule has 2 N–H and O–H groups in total. The molecule has 0 saturated carbocycles. The Bertz CT molecular complexity index is 992. The summed E-state index contributed by atoms with van der Waals surface area (Å²) in [6.07, 6.45) is 4.98. The number of furan rings is 1. The van der Waals surface area contributed by atoms with E-state index in [4.69, 9.17) is 8.94 Å². The fourth-order valence-electron chi connectivity index (χ4n) is 2.32. The molecule has 4 heterocycles. The van der Waals surface area contributed by atoms with Crippen molar-refractivity contribution >= 4 is 11.7 Å². The van der Waals surface area contributed by atoms with Crippen LogP contribution < -0.4 is 10.6 Å². The second-order valence-corrected chi connectivity index (χ2v) is 5.46. The molecule has 10 heteroatoms. The largest absolute Gasteiger partial charge is 0.461 e. The second-order valence-electron chi connectivity index (χ2n) is 5.46. The summed E-state index contributed by atoms with van der Waals surface area (Å²) in [6.45, 7) is 0.856. The quantitative estimate of drug-likeness (QED) is 0.475. The molecule has 0 fully saturated rings. The normalized spacial score (nSPS) is 10.7. The molecule has 0 aliphatic rings. The van der Waals surface area contributed by atoms with Crippen LogP contribution >= 0.6 is 0 Å². The molecular formula is C17H15N7O3. The Morgan fingerprint density at radius 2 is 2.07 bits per heavy atom. The van der Waals surface area contributed by atoms with E-state index < -0.39 is 0 Å². The molecule has 0 aromatic carbocycles. The minimum atomic E-state index is -0.335. The zero-order valence-electron chi connectivity index (χ0n) is 14.1. The van der Waals surface area contributed by atoms with Gasteiger partial charge in [0.25, 0.3) is 5.91 Å². The molecule has 27 heavy (non-hydrogen) atoms. The SMILES string of the molecule is O=C(NCCNc1ccc(-n2cccn2)nn1)c1cc(-c2ccco2)on1. The maximum absolute atomic E-state index is 12.1. The number of anilines is 1. The van der Waals surface area contributed by atoms with Crippen LogP contribution in [0.15, 0.2) is 64.0 Å². The lowest BCUT2D eigenvalue weighted by atomic mass is 10.3. The van der Waals surface area contributed by atoms with Gasteiger partial charge >= 0.3 is 0 Å². The number of amides is 1. The van der Waals surface area contributed by atoms with Crippen molar-refractivity contribution in [3.8, 4) is 17.3 Å². The number of carbonyl (C=O) groups is 1. The average Bonchev–Trinajstić information content (AvgIpc) is 3.47. The van der Waals surface area contributed by atoms with Crippen molar-refractivity contribution in [3.05, 3.63) is 60.7 Å². The number of rotatable bonds is 7. The molecule has 0 aliphatic heterocycles. The van der Waals surface area contributed by atoms with Crippen LogP contribution in [0, 0.1) is 0 Å². The Kier molecular flexibility index (Phi) is 4.60. The van der Waals surface area contributed by atoms with Crippen LogP contribution in [-0.4, -0.2) is 44.1 Å². The van der Waals surface area contributed by atoms with Gasteiger partial charge in [0.05, 0.1) is 6.26 Å². The van der Waals surface area contributed by atoms with Gasteiger partial charge in [0.15, 0.2) is 17.3 Å². The number of hydrogen-bond donors (Lipinski definition) is 2. The second kappa shape index (κ2) is 7.52. The number of nitrogens with one attached hydrogen (secondary N) is 2. The molecule has 10 nitrogen and oxygen atoms in total. The minimum absolute atomic E-state index is 0.185. The number of hydrogen-bond acceptors (Lipinski definition) is 8.